The third kappa shape index (κ3) is 7.28. The summed E-state index contributed by atoms with van der Waals surface area (Å²) in [4.78, 5) is 5.95. The zero-order chi connectivity index (χ0) is 19.9. The van der Waals surface area contributed by atoms with E-state index >= 15 is 0 Å². The molecule has 0 amide bonds. The van der Waals surface area contributed by atoms with Crippen LogP contribution >= 0.6 is 24.0 Å². The Morgan fingerprint density at radius 3 is 2.57 bits per heavy atom. The largest absolute Gasteiger partial charge is 0.416 e. The maximum Gasteiger partial charge on any atom is 0.416 e. The standard InChI is InChI=1S/C18H27F3N4O2.HI/c1-13(12-26-3)24-17(22-2)23-11-14-4-5-15(10-16(14)18(19,20)21)25-6-8-27-9-7-25;/h4-5,10,13H,6-9,11-12H2,1-3H3,(H2,22,23,24);1H. The quantitative estimate of drug-likeness (QED) is 0.346. The molecular formula is C18H28F3IN4O2. The van der Waals surface area contributed by atoms with E-state index in [0.717, 1.165) is 0 Å². The van der Waals surface area contributed by atoms with Crippen LogP contribution in [0.15, 0.2) is 23.2 Å². The fourth-order valence-electron chi connectivity index (χ4n) is 2.90. The molecule has 0 radical (unpaired) electrons. The number of methoxy groups -OCH3 is 1. The number of anilines is 1. The summed E-state index contributed by atoms with van der Waals surface area (Å²) in [5.74, 6) is 0.421. The van der Waals surface area contributed by atoms with Gasteiger partial charge in [-0.3, -0.25) is 4.99 Å². The molecule has 1 aromatic carbocycles. The van der Waals surface area contributed by atoms with Crippen LogP contribution in [-0.4, -0.2) is 59.1 Å². The summed E-state index contributed by atoms with van der Waals surface area (Å²) in [5.41, 5.74) is 0.0897. The topological polar surface area (TPSA) is 58.1 Å². The van der Waals surface area contributed by atoms with Crippen molar-refractivity contribution in [2.75, 3.05) is 52.0 Å². The maximum atomic E-state index is 13.6. The Balaban J connectivity index is 0.00000392. The van der Waals surface area contributed by atoms with Crippen molar-refractivity contribution < 1.29 is 22.6 Å². The molecule has 1 unspecified atom stereocenters. The summed E-state index contributed by atoms with van der Waals surface area (Å²) < 4.78 is 51.0. The number of aliphatic imine (C=N–C) groups is 1. The van der Waals surface area contributed by atoms with Crippen LogP contribution < -0.4 is 15.5 Å². The number of halogens is 4. The van der Waals surface area contributed by atoms with Gasteiger partial charge in [0.2, 0.25) is 0 Å². The third-order valence-corrected chi connectivity index (χ3v) is 4.24. The van der Waals surface area contributed by atoms with Gasteiger partial charge in [-0.05, 0) is 24.6 Å². The third-order valence-electron chi connectivity index (χ3n) is 4.24. The van der Waals surface area contributed by atoms with Crippen molar-refractivity contribution in [2.24, 2.45) is 4.99 Å². The molecular weight excluding hydrogens is 488 g/mol. The van der Waals surface area contributed by atoms with Crippen LogP contribution in [0, 0.1) is 0 Å². The normalized spacial score (nSPS) is 16.4. The number of nitrogens with zero attached hydrogens (tertiary/aromatic N) is 2. The average molecular weight is 516 g/mol. The monoisotopic (exact) mass is 516 g/mol. The zero-order valence-corrected chi connectivity index (χ0v) is 18.6. The van der Waals surface area contributed by atoms with E-state index in [0.29, 0.717) is 44.6 Å². The number of guanidine groups is 1. The minimum atomic E-state index is -4.43. The number of hydrogen-bond acceptors (Lipinski definition) is 4. The summed E-state index contributed by atoms with van der Waals surface area (Å²) in [6.45, 7) is 4.58. The highest BCUT2D eigenvalue weighted by molar-refractivity contribution is 14.0. The summed E-state index contributed by atoms with van der Waals surface area (Å²) in [6.07, 6.45) is -4.43. The van der Waals surface area contributed by atoms with E-state index in [1.54, 1.807) is 20.2 Å². The number of ether oxygens (including phenoxy) is 2. The zero-order valence-electron chi connectivity index (χ0n) is 16.3. The molecule has 1 aliphatic heterocycles. The van der Waals surface area contributed by atoms with Crippen molar-refractivity contribution in [3.63, 3.8) is 0 Å². The Morgan fingerprint density at radius 2 is 2.00 bits per heavy atom. The molecule has 28 heavy (non-hydrogen) atoms. The minimum Gasteiger partial charge on any atom is -0.383 e. The highest BCUT2D eigenvalue weighted by Crippen LogP contribution is 2.35. The molecule has 2 rings (SSSR count). The lowest BCUT2D eigenvalue weighted by Crippen LogP contribution is -2.43. The number of hydrogen-bond donors (Lipinski definition) is 2. The highest BCUT2D eigenvalue weighted by atomic mass is 127. The Morgan fingerprint density at radius 1 is 1.32 bits per heavy atom. The molecule has 6 nitrogen and oxygen atoms in total. The maximum absolute atomic E-state index is 13.6. The summed E-state index contributed by atoms with van der Waals surface area (Å²) in [6, 6.07) is 4.44. The number of benzene rings is 1. The number of nitrogens with one attached hydrogen (secondary N) is 2. The van der Waals surface area contributed by atoms with E-state index in [2.05, 4.69) is 15.6 Å². The van der Waals surface area contributed by atoms with Crippen LogP contribution in [0.25, 0.3) is 0 Å². The molecule has 1 atom stereocenters. The molecule has 1 fully saturated rings. The molecule has 160 valence electrons. The summed E-state index contributed by atoms with van der Waals surface area (Å²) in [7, 11) is 3.15. The van der Waals surface area contributed by atoms with Crippen LogP contribution in [0.4, 0.5) is 18.9 Å². The van der Waals surface area contributed by atoms with Gasteiger partial charge in [0.1, 0.15) is 0 Å². The average Bonchev–Trinajstić information content (AvgIpc) is 2.65. The van der Waals surface area contributed by atoms with Crippen LogP contribution in [0.1, 0.15) is 18.1 Å². The fourth-order valence-corrected chi connectivity index (χ4v) is 2.90. The first-order valence-corrected chi connectivity index (χ1v) is 8.84. The van der Waals surface area contributed by atoms with Crippen molar-refractivity contribution in [1.29, 1.82) is 0 Å². The Hall–Kier alpha value is -1.27. The van der Waals surface area contributed by atoms with Gasteiger partial charge in [-0.2, -0.15) is 13.2 Å². The molecule has 0 aliphatic carbocycles. The number of morpholine rings is 1. The Labute approximate surface area is 180 Å². The molecule has 1 heterocycles. The lowest BCUT2D eigenvalue weighted by Gasteiger charge is -2.30. The van der Waals surface area contributed by atoms with Gasteiger partial charge in [0.25, 0.3) is 0 Å². The Kier molecular flexibility index (Phi) is 10.3. The second kappa shape index (κ2) is 11.7. The van der Waals surface area contributed by atoms with Gasteiger partial charge in [-0.15, -0.1) is 24.0 Å². The SMILES string of the molecule is CN=C(NCc1ccc(N2CCOCC2)cc1C(F)(F)F)NC(C)COC.I. The van der Waals surface area contributed by atoms with Gasteiger partial charge in [-0.1, -0.05) is 6.07 Å². The van der Waals surface area contributed by atoms with Crippen molar-refractivity contribution in [3.05, 3.63) is 29.3 Å². The van der Waals surface area contributed by atoms with Gasteiger partial charge >= 0.3 is 6.18 Å². The van der Waals surface area contributed by atoms with Crippen molar-refractivity contribution in [2.45, 2.75) is 25.7 Å². The molecule has 1 saturated heterocycles. The van der Waals surface area contributed by atoms with Crippen LogP contribution in [-0.2, 0) is 22.2 Å². The van der Waals surface area contributed by atoms with Crippen molar-refractivity contribution >= 4 is 35.6 Å². The first-order chi connectivity index (χ1) is 12.8. The molecule has 2 N–H and O–H groups in total. The second-order valence-corrected chi connectivity index (χ2v) is 6.37. The van der Waals surface area contributed by atoms with Crippen molar-refractivity contribution in [3.8, 4) is 0 Å². The van der Waals surface area contributed by atoms with Gasteiger partial charge in [0.15, 0.2) is 5.96 Å². The van der Waals surface area contributed by atoms with Crippen LogP contribution in [0.5, 0.6) is 0 Å². The first kappa shape index (κ1) is 24.8. The number of rotatable bonds is 6. The minimum absolute atomic E-state index is 0. The number of alkyl halides is 3. The van der Waals surface area contributed by atoms with E-state index < -0.39 is 11.7 Å². The summed E-state index contributed by atoms with van der Waals surface area (Å²) in [5, 5.41) is 6.01. The van der Waals surface area contributed by atoms with E-state index in [-0.39, 0.29) is 42.1 Å². The lowest BCUT2D eigenvalue weighted by molar-refractivity contribution is -0.138. The van der Waals surface area contributed by atoms with Gasteiger partial charge in [0.05, 0.1) is 25.4 Å². The molecule has 0 bridgehead atoms. The van der Waals surface area contributed by atoms with Crippen LogP contribution in [0.2, 0.25) is 0 Å². The Bertz CT molecular complexity index is 638. The predicted octanol–water partition coefficient (Wildman–Crippen LogP) is 2.86. The highest BCUT2D eigenvalue weighted by Gasteiger charge is 2.34. The van der Waals surface area contributed by atoms with E-state index in [1.165, 1.54) is 12.1 Å². The lowest BCUT2D eigenvalue weighted by atomic mass is 10.0. The molecule has 0 saturated carbocycles. The fraction of sp³-hybridized carbons (Fsp3) is 0.611. The van der Waals surface area contributed by atoms with Crippen LogP contribution in [0.3, 0.4) is 0 Å². The van der Waals surface area contributed by atoms with Gasteiger partial charge in [-0.25, -0.2) is 0 Å². The molecule has 1 aliphatic rings. The molecule has 0 aromatic heterocycles. The van der Waals surface area contributed by atoms with E-state index in [1.807, 2.05) is 11.8 Å². The van der Waals surface area contributed by atoms with E-state index in [4.69, 9.17) is 9.47 Å². The molecule has 10 heteroatoms. The van der Waals surface area contributed by atoms with E-state index in [9.17, 15) is 13.2 Å². The van der Waals surface area contributed by atoms with Gasteiger partial charge < -0.3 is 25.0 Å². The summed E-state index contributed by atoms with van der Waals surface area (Å²) >= 11 is 0. The van der Waals surface area contributed by atoms with Crippen molar-refractivity contribution in [1.82, 2.24) is 10.6 Å². The predicted molar refractivity (Wildman–Crippen MR) is 115 cm³/mol. The second-order valence-electron chi connectivity index (χ2n) is 6.37. The molecule has 0 spiro atoms. The first-order valence-electron chi connectivity index (χ1n) is 8.84. The van der Waals surface area contributed by atoms with Gasteiger partial charge in [0, 0.05) is 45.5 Å². The molecule has 1 aromatic rings. The smallest absolute Gasteiger partial charge is 0.383 e.